The highest BCUT2D eigenvalue weighted by atomic mass is 32.2. The van der Waals surface area contributed by atoms with Gasteiger partial charge in [-0.25, -0.2) is 14.4 Å². The van der Waals surface area contributed by atoms with Crippen LogP contribution in [-0.4, -0.2) is 91.4 Å². The summed E-state index contributed by atoms with van der Waals surface area (Å²) >= 11 is 0. The molecule has 3 N–H and O–H groups in total. The van der Waals surface area contributed by atoms with Crippen molar-refractivity contribution in [2.75, 3.05) is 55.4 Å². The summed E-state index contributed by atoms with van der Waals surface area (Å²) in [5, 5.41) is 15.0. The summed E-state index contributed by atoms with van der Waals surface area (Å²) in [5.41, 5.74) is 2.18. The van der Waals surface area contributed by atoms with Gasteiger partial charge in [0.15, 0.2) is 0 Å². The number of aromatic nitrogens is 3. The van der Waals surface area contributed by atoms with Crippen molar-refractivity contribution < 1.29 is 17.9 Å². The number of benzene rings is 1. The van der Waals surface area contributed by atoms with Crippen molar-refractivity contribution in [2.45, 2.75) is 44.5 Å². The number of pyridine rings is 1. The van der Waals surface area contributed by atoms with Crippen molar-refractivity contribution in [3.8, 4) is 0 Å². The van der Waals surface area contributed by atoms with Gasteiger partial charge in [-0.2, -0.15) is 22.4 Å². The molecule has 5 rings (SSSR count). The minimum absolute atomic E-state index is 0.0489. The number of fused-ring (bicyclic) bond motifs is 1. The van der Waals surface area contributed by atoms with Gasteiger partial charge in [0.25, 0.3) is 10.2 Å². The Balaban J connectivity index is 1.37. The second kappa shape index (κ2) is 10.8. The van der Waals surface area contributed by atoms with Gasteiger partial charge in [0.2, 0.25) is 5.95 Å². The first kappa shape index (κ1) is 27.4. The Hall–Kier alpha value is -3.13. The van der Waals surface area contributed by atoms with Crippen LogP contribution in [0.25, 0.3) is 10.8 Å². The second-order valence-electron chi connectivity index (χ2n) is 10.6. The molecule has 4 heterocycles. The Labute approximate surface area is 228 Å². The maximum Gasteiger partial charge on any atom is 0.279 e. The summed E-state index contributed by atoms with van der Waals surface area (Å²) in [6, 6.07) is 7.76. The normalized spacial score (nSPS) is 20.6. The lowest BCUT2D eigenvalue weighted by atomic mass is 9.94. The molecule has 0 radical (unpaired) electrons. The molecular formula is C26H35FN8O3S. The molecule has 0 aliphatic carbocycles. The predicted molar refractivity (Wildman–Crippen MR) is 151 cm³/mol. The Morgan fingerprint density at radius 3 is 2.54 bits per heavy atom. The molecule has 2 saturated heterocycles. The minimum Gasteiger partial charge on any atom is -0.390 e. The fraction of sp³-hybridized carbons (Fsp3) is 0.500. The van der Waals surface area contributed by atoms with Crippen LogP contribution in [0.2, 0.25) is 0 Å². The van der Waals surface area contributed by atoms with E-state index in [1.807, 2.05) is 12.3 Å². The first-order valence-corrected chi connectivity index (χ1v) is 14.5. The van der Waals surface area contributed by atoms with Crippen LogP contribution in [0, 0.1) is 0 Å². The van der Waals surface area contributed by atoms with Gasteiger partial charge in [-0.15, -0.1) is 0 Å². The van der Waals surface area contributed by atoms with Gasteiger partial charge in [-0.1, -0.05) is 19.9 Å². The van der Waals surface area contributed by atoms with Gasteiger partial charge in [0.1, 0.15) is 17.8 Å². The van der Waals surface area contributed by atoms with E-state index in [2.05, 4.69) is 55.9 Å². The molecule has 13 heteroatoms. The lowest BCUT2D eigenvalue weighted by Crippen LogP contribution is -2.60. The molecule has 0 bridgehead atoms. The number of piperidine rings is 1. The summed E-state index contributed by atoms with van der Waals surface area (Å²) in [6.07, 6.45) is 1.49. The molecular weight excluding hydrogens is 523 g/mol. The Kier molecular flexibility index (Phi) is 7.60. The number of nitrogens with zero attached hydrogens (tertiary/aromatic N) is 6. The van der Waals surface area contributed by atoms with Gasteiger partial charge < -0.3 is 20.2 Å². The van der Waals surface area contributed by atoms with Crippen LogP contribution in [0.15, 0.2) is 36.7 Å². The van der Waals surface area contributed by atoms with E-state index in [0.29, 0.717) is 43.6 Å². The topological polar surface area (TPSA) is 127 Å². The van der Waals surface area contributed by atoms with Crippen molar-refractivity contribution in [2.24, 2.45) is 0 Å². The number of halogens is 1. The third-order valence-corrected chi connectivity index (χ3v) is 8.83. The summed E-state index contributed by atoms with van der Waals surface area (Å²) in [5.74, 6) is 1.83. The van der Waals surface area contributed by atoms with Crippen molar-refractivity contribution >= 4 is 44.3 Å². The lowest BCUT2D eigenvalue weighted by molar-refractivity contribution is 0.0612. The van der Waals surface area contributed by atoms with Crippen molar-refractivity contribution in [1.82, 2.24) is 24.0 Å². The third kappa shape index (κ3) is 5.76. The van der Waals surface area contributed by atoms with Crippen molar-refractivity contribution in [3.05, 3.63) is 42.2 Å². The third-order valence-electron chi connectivity index (χ3n) is 7.24. The molecule has 2 aliphatic heterocycles. The van der Waals surface area contributed by atoms with Gasteiger partial charge in [-0.05, 0) is 41.5 Å². The largest absolute Gasteiger partial charge is 0.390 e. The summed E-state index contributed by atoms with van der Waals surface area (Å²) in [7, 11) is -0.465. The summed E-state index contributed by atoms with van der Waals surface area (Å²) in [6.45, 7) is 5.95. The molecule has 2 atom stereocenters. The summed E-state index contributed by atoms with van der Waals surface area (Å²) in [4.78, 5) is 17.4. The maximum absolute atomic E-state index is 14.0. The van der Waals surface area contributed by atoms with Crippen LogP contribution in [0.5, 0.6) is 0 Å². The van der Waals surface area contributed by atoms with Crippen LogP contribution in [0.1, 0.15) is 31.7 Å². The number of anilines is 4. The zero-order chi connectivity index (χ0) is 27.9. The fourth-order valence-electron chi connectivity index (χ4n) is 4.94. The Morgan fingerprint density at radius 1 is 1.08 bits per heavy atom. The van der Waals surface area contributed by atoms with Gasteiger partial charge in [0, 0.05) is 57.2 Å². The highest BCUT2D eigenvalue weighted by molar-refractivity contribution is 7.87. The van der Waals surface area contributed by atoms with E-state index in [4.69, 9.17) is 0 Å². The number of aliphatic hydroxyl groups is 1. The highest BCUT2D eigenvalue weighted by Crippen LogP contribution is 2.36. The zero-order valence-electron chi connectivity index (χ0n) is 22.5. The van der Waals surface area contributed by atoms with Crippen LogP contribution >= 0.6 is 0 Å². The Bertz CT molecular complexity index is 1450. The first-order chi connectivity index (χ1) is 18.5. The van der Waals surface area contributed by atoms with E-state index in [0.717, 1.165) is 16.5 Å². The molecule has 210 valence electrons. The smallest absolute Gasteiger partial charge is 0.279 e. The molecule has 2 unspecified atom stereocenters. The molecule has 39 heavy (non-hydrogen) atoms. The summed E-state index contributed by atoms with van der Waals surface area (Å²) < 4.78 is 42.3. The van der Waals surface area contributed by atoms with Crippen LogP contribution in [0.4, 0.5) is 27.7 Å². The molecule has 1 aromatic carbocycles. The standard InChI is InChI=1S/C26H35FN8O3S/c1-16(2)18-5-6-22(35-13-17(14-35)32-39(37,38)33(3)4)20-12-29-25(11-19(18)20)30-24-7-9-28-26(31-24)34-10-8-23(36)21(27)15-34/h5-7,9,11-12,16-17,21,23,32,36H,8,10,13-15H2,1-4H3,(H,28,29,30,31). The van der Waals surface area contributed by atoms with Crippen LogP contribution < -0.4 is 19.8 Å². The minimum atomic E-state index is -3.48. The number of alkyl halides is 1. The molecule has 0 amide bonds. The number of nitrogens with one attached hydrogen (secondary N) is 2. The van der Waals surface area contributed by atoms with E-state index < -0.39 is 22.5 Å². The SMILES string of the molecule is CC(C)c1ccc(N2CC(NS(=O)(=O)N(C)C)C2)c2cnc(Nc3ccnc(N4CCC(O)C(F)C4)n3)cc12. The van der Waals surface area contributed by atoms with Gasteiger partial charge in [0.05, 0.1) is 18.7 Å². The number of rotatable bonds is 8. The molecule has 0 saturated carbocycles. The van der Waals surface area contributed by atoms with E-state index in [1.54, 1.807) is 17.2 Å². The van der Waals surface area contributed by atoms with E-state index >= 15 is 0 Å². The molecule has 2 aliphatic rings. The fourth-order valence-corrected chi connectivity index (χ4v) is 5.72. The highest BCUT2D eigenvalue weighted by Gasteiger charge is 2.32. The number of hydrogen-bond donors (Lipinski definition) is 3. The number of hydrogen-bond acceptors (Lipinski definition) is 9. The van der Waals surface area contributed by atoms with Crippen molar-refractivity contribution in [3.63, 3.8) is 0 Å². The monoisotopic (exact) mass is 558 g/mol. The van der Waals surface area contributed by atoms with E-state index in [1.165, 1.54) is 24.0 Å². The zero-order valence-corrected chi connectivity index (χ0v) is 23.4. The molecule has 2 fully saturated rings. The molecule has 3 aromatic rings. The Morgan fingerprint density at radius 2 is 1.85 bits per heavy atom. The predicted octanol–water partition coefficient (Wildman–Crippen LogP) is 2.39. The second-order valence-corrected chi connectivity index (χ2v) is 12.6. The van der Waals surface area contributed by atoms with Gasteiger partial charge in [-0.3, -0.25) is 0 Å². The first-order valence-electron chi connectivity index (χ1n) is 13.1. The lowest BCUT2D eigenvalue weighted by Gasteiger charge is -2.42. The van der Waals surface area contributed by atoms with Gasteiger partial charge >= 0.3 is 0 Å². The number of aliphatic hydroxyl groups excluding tert-OH is 1. The van der Waals surface area contributed by atoms with E-state index in [9.17, 15) is 17.9 Å². The average Bonchev–Trinajstić information content (AvgIpc) is 2.87. The molecule has 2 aromatic heterocycles. The van der Waals surface area contributed by atoms with Crippen LogP contribution in [0.3, 0.4) is 0 Å². The van der Waals surface area contributed by atoms with Crippen molar-refractivity contribution in [1.29, 1.82) is 0 Å². The molecule has 11 nitrogen and oxygen atoms in total. The molecule has 0 spiro atoms. The van der Waals surface area contributed by atoms with Crippen LogP contribution in [-0.2, 0) is 10.2 Å². The maximum atomic E-state index is 14.0. The van der Waals surface area contributed by atoms with E-state index in [-0.39, 0.29) is 18.5 Å². The quantitative estimate of drug-likeness (QED) is 0.382. The average molecular weight is 559 g/mol.